The third-order valence-corrected chi connectivity index (χ3v) is 4.89. The Hall–Kier alpha value is -2.09. The molecule has 0 aromatic heterocycles. The number of carbonyl (C=O) groups excluding carboxylic acids is 1. The Morgan fingerprint density at radius 1 is 1.04 bits per heavy atom. The molecule has 0 N–H and O–H groups in total. The van der Waals surface area contributed by atoms with Crippen LogP contribution in [0.5, 0.6) is 0 Å². The summed E-state index contributed by atoms with van der Waals surface area (Å²) >= 11 is 0. The summed E-state index contributed by atoms with van der Waals surface area (Å²) in [5, 5.41) is 0. The van der Waals surface area contributed by atoms with Gasteiger partial charge in [-0.15, -0.1) is 0 Å². The lowest BCUT2D eigenvalue weighted by atomic mass is 9.94. The lowest BCUT2D eigenvalue weighted by molar-refractivity contribution is -0.133. The quantitative estimate of drug-likeness (QED) is 0.807. The molecule has 1 heterocycles. The minimum atomic E-state index is 0.153. The number of rotatable bonds is 4. The molecule has 2 nitrogen and oxygen atoms in total. The van der Waals surface area contributed by atoms with Crippen LogP contribution in [0.4, 0.5) is 0 Å². The molecule has 2 atom stereocenters. The lowest BCUT2D eigenvalue weighted by Crippen LogP contribution is -2.36. The van der Waals surface area contributed by atoms with E-state index in [0.29, 0.717) is 18.2 Å². The molecule has 0 bridgehead atoms. The van der Waals surface area contributed by atoms with E-state index in [9.17, 15) is 4.79 Å². The predicted molar refractivity (Wildman–Crippen MR) is 94.1 cm³/mol. The van der Waals surface area contributed by atoms with E-state index < -0.39 is 0 Å². The number of hydrogen-bond donors (Lipinski definition) is 0. The molecule has 1 fully saturated rings. The Bertz CT molecular complexity index is 623. The van der Waals surface area contributed by atoms with Gasteiger partial charge in [0.15, 0.2) is 0 Å². The number of benzene rings is 2. The zero-order valence-electron chi connectivity index (χ0n) is 13.8. The fourth-order valence-corrected chi connectivity index (χ4v) is 3.56. The minimum absolute atomic E-state index is 0.153. The summed E-state index contributed by atoms with van der Waals surface area (Å²) in [6, 6.07) is 21.2. The van der Waals surface area contributed by atoms with Crippen molar-refractivity contribution in [2.45, 2.75) is 38.6 Å². The van der Waals surface area contributed by atoms with Gasteiger partial charge in [0.1, 0.15) is 0 Å². The molecule has 2 heteroatoms. The van der Waals surface area contributed by atoms with Gasteiger partial charge in [0.2, 0.25) is 5.91 Å². The first kappa shape index (κ1) is 15.8. The van der Waals surface area contributed by atoms with E-state index in [0.717, 1.165) is 25.8 Å². The van der Waals surface area contributed by atoms with Crippen molar-refractivity contribution in [3.8, 4) is 0 Å². The zero-order valence-corrected chi connectivity index (χ0v) is 13.8. The molecule has 120 valence electrons. The molecule has 2 aromatic rings. The van der Waals surface area contributed by atoms with Crippen LogP contribution in [-0.2, 0) is 11.2 Å². The first-order chi connectivity index (χ1) is 11.2. The van der Waals surface area contributed by atoms with Gasteiger partial charge in [0.05, 0.1) is 6.04 Å². The van der Waals surface area contributed by atoms with Gasteiger partial charge in [0, 0.05) is 13.0 Å². The van der Waals surface area contributed by atoms with E-state index in [1.807, 2.05) is 6.07 Å². The topological polar surface area (TPSA) is 20.3 Å². The summed E-state index contributed by atoms with van der Waals surface area (Å²) in [7, 11) is 0. The Morgan fingerprint density at radius 3 is 2.39 bits per heavy atom. The normalized spacial score (nSPS) is 20.1. The van der Waals surface area contributed by atoms with Crippen molar-refractivity contribution in [1.82, 2.24) is 4.90 Å². The van der Waals surface area contributed by atoms with Crippen molar-refractivity contribution in [2.75, 3.05) is 6.54 Å². The Labute approximate surface area is 139 Å². The summed E-state index contributed by atoms with van der Waals surface area (Å²) in [6.07, 6.45) is 3.89. The maximum Gasteiger partial charge on any atom is 0.223 e. The molecule has 2 aromatic carbocycles. The number of nitrogens with zero attached hydrogens (tertiary/aromatic N) is 1. The lowest BCUT2D eigenvalue weighted by Gasteiger charge is -2.31. The molecule has 0 aliphatic carbocycles. The fraction of sp³-hybridized carbons (Fsp3) is 0.381. The van der Waals surface area contributed by atoms with Crippen LogP contribution in [-0.4, -0.2) is 17.4 Å². The highest BCUT2D eigenvalue weighted by Gasteiger charge is 2.27. The van der Waals surface area contributed by atoms with Crippen LogP contribution in [0.3, 0.4) is 0 Å². The van der Waals surface area contributed by atoms with E-state index >= 15 is 0 Å². The SMILES string of the molecule is C[C@H](c1ccccc1)N1C[C@@H](Cc2ccccc2)CCCC1=O. The van der Waals surface area contributed by atoms with E-state index in [1.165, 1.54) is 11.1 Å². The first-order valence-electron chi connectivity index (χ1n) is 8.62. The Morgan fingerprint density at radius 2 is 1.70 bits per heavy atom. The van der Waals surface area contributed by atoms with Gasteiger partial charge >= 0.3 is 0 Å². The summed E-state index contributed by atoms with van der Waals surface area (Å²) < 4.78 is 0. The molecular formula is C21H25NO. The van der Waals surface area contributed by atoms with Crippen molar-refractivity contribution in [1.29, 1.82) is 0 Å². The number of likely N-dealkylation sites (tertiary alicyclic amines) is 1. The van der Waals surface area contributed by atoms with Crippen LogP contribution in [0, 0.1) is 5.92 Å². The van der Waals surface area contributed by atoms with Crippen molar-refractivity contribution in [2.24, 2.45) is 5.92 Å². The molecule has 1 aliphatic heterocycles. The van der Waals surface area contributed by atoms with Crippen molar-refractivity contribution < 1.29 is 4.79 Å². The smallest absolute Gasteiger partial charge is 0.223 e. The number of carbonyl (C=O) groups is 1. The van der Waals surface area contributed by atoms with Gasteiger partial charge in [-0.2, -0.15) is 0 Å². The van der Waals surface area contributed by atoms with Crippen LogP contribution in [0.2, 0.25) is 0 Å². The monoisotopic (exact) mass is 307 g/mol. The number of hydrogen-bond acceptors (Lipinski definition) is 1. The summed E-state index contributed by atoms with van der Waals surface area (Å²) in [5.74, 6) is 0.854. The summed E-state index contributed by atoms with van der Waals surface area (Å²) in [6.45, 7) is 3.02. The molecule has 1 saturated heterocycles. The van der Waals surface area contributed by atoms with E-state index in [-0.39, 0.29) is 6.04 Å². The highest BCUT2D eigenvalue weighted by molar-refractivity contribution is 5.77. The van der Waals surface area contributed by atoms with Crippen LogP contribution in [0.25, 0.3) is 0 Å². The second-order valence-corrected chi connectivity index (χ2v) is 6.58. The molecule has 1 amide bonds. The highest BCUT2D eigenvalue weighted by Crippen LogP contribution is 2.28. The maximum atomic E-state index is 12.6. The second kappa shape index (κ2) is 7.45. The van der Waals surface area contributed by atoms with Gasteiger partial charge in [-0.25, -0.2) is 0 Å². The van der Waals surface area contributed by atoms with Gasteiger partial charge in [-0.05, 0) is 43.2 Å². The molecule has 1 aliphatic rings. The summed E-state index contributed by atoms with van der Waals surface area (Å²) in [4.78, 5) is 14.6. The average Bonchev–Trinajstić information content (AvgIpc) is 2.77. The summed E-state index contributed by atoms with van der Waals surface area (Å²) in [5.41, 5.74) is 2.60. The molecule has 3 rings (SSSR count). The fourth-order valence-electron chi connectivity index (χ4n) is 3.56. The largest absolute Gasteiger partial charge is 0.336 e. The van der Waals surface area contributed by atoms with Gasteiger partial charge in [-0.1, -0.05) is 60.7 Å². The van der Waals surface area contributed by atoms with E-state index in [1.54, 1.807) is 0 Å². The third-order valence-electron chi connectivity index (χ3n) is 4.89. The average molecular weight is 307 g/mol. The van der Waals surface area contributed by atoms with Gasteiger partial charge in [0.25, 0.3) is 0 Å². The molecule has 23 heavy (non-hydrogen) atoms. The molecule has 0 radical (unpaired) electrons. The zero-order chi connectivity index (χ0) is 16.1. The van der Waals surface area contributed by atoms with E-state index in [4.69, 9.17) is 0 Å². The molecule has 0 spiro atoms. The number of amides is 1. The molecular weight excluding hydrogens is 282 g/mol. The van der Waals surface area contributed by atoms with Crippen LogP contribution in [0.15, 0.2) is 60.7 Å². The second-order valence-electron chi connectivity index (χ2n) is 6.58. The molecule has 0 unspecified atom stereocenters. The van der Waals surface area contributed by atoms with E-state index in [2.05, 4.69) is 66.4 Å². The van der Waals surface area contributed by atoms with Crippen LogP contribution >= 0.6 is 0 Å². The van der Waals surface area contributed by atoms with Crippen molar-refractivity contribution in [3.63, 3.8) is 0 Å². The highest BCUT2D eigenvalue weighted by atomic mass is 16.2. The third kappa shape index (κ3) is 4.01. The van der Waals surface area contributed by atoms with Crippen LogP contribution < -0.4 is 0 Å². The first-order valence-corrected chi connectivity index (χ1v) is 8.62. The minimum Gasteiger partial charge on any atom is -0.336 e. The van der Waals surface area contributed by atoms with Crippen molar-refractivity contribution in [3.05, 3.63) is 71.8 Å². The Balaban J connectivity index is 1.74. The standard InChI is InChI=1S/C21H25NO/c1-17(20-12-6-3-7-13-20)22-16-19(11-8-14-21(22)23)15-18-9-4-2-5-10-18/h2-7,9-10,12-13,17,19H,8,11,14-16H2,1H3/t17-,19-/m1/s1. The van der Waals surface area contributed by atoms with Crippen molar-refractivity contribution >= 4 is 5.91 Å². The predicted octanol–water partition coefficient (Wildman–Crippen LogP) is 4.62. The van der Waals surface area contributed by atoms with Crippen LogP contribution in [0.1, 0.15) is 43.4 Å². The van der Waals surface area contributed by atoms with Gasteiger partial charge in [-0.3, -0.25) is 4.79 Å². The molecule has 0 saturated carbocycles. The maximum absolute atomic E-state index is 12.6. The Kier molecular flexibility index (Phi) is 5.12. The van der Waals surface area contributed by atoms with Gasteiger partial charge < -0.3 is 4.90 Å².